The third-order valence-electron chi connectivity index (χ3n) is 4.26. The Labute approximate surface area is 175 Å². The van der Waals surface area contributed by atoms with Crippen LogP contribution in [0.4, 0.5) is 6.01 Å². The highest BCUT2D eigenvalue weighted by molar-refractivity contribution is 5.91. The quantitative estimate of drug-likeness (QED) is 0.280. The number of likely N-dealkylation sites (N-methyl/N-ethyl adjacent to an activating group) is 1. The molecule has 0 saturated carbocycles. The number of benzene rings is 2. The minimum Gasteiger partial charge on any atom is -0.492 e. The van der Waals surface area contributed by atoms with E-state index >= 15 is 0 Å². The van der Waals surface area contributed by atoms with Crippen LogP contribution in [0.2, 0.25) is 0 Å². The second kappa shape index (κ2) is 10.3. The smallest absolute Gasteiger partial charge is 0.373 e. The summed E-state index contributed by atoms with van der Waals surface area (Å²) in [7, 11) is 1.91. The Bertz CT molecular complexity index is 961. The fourth-order valence-corrected chi connectivity index (χ4v) is 2.75. The van der Waals surface area contributed by atoms with Crippen LogP contribution in [0.25, 0.3) is 17.2 Å². The molecule has 30 heavy (non-hydrogen) atoms. The molecule has 0 aliphatic heterocycles. The van der Waals surface area contributed by atoms with Crippen LogP contribution in [0.1, 0.15) is 19.4 Å². The Balaban J connectivity index is 1.55. The van der Waals surface area contributed by atoms with Gasteiger partial charge < -0.3 is 23.5 Å². The van der Waals surface area contributed by atoms with Gasteiger partial charge in [-0.25, -0.2) is 4.79 Å². The van der Waals surface area contributed by atoms with Gasteiger partial charge in [-0.15, -0.1) is 0 Å². The molecule has 158 valence electrons. The van der Waals surface area contributed by atoms with Crippen molar-refractivity contribution in [1.82, 2.24) is 4.98 Å². The van der Waals surface area contributed by atoms with Gasteiger partial charge in [0.15, 0.2) is 5.58 Å². The van der Waals surface area contributed by atoms with Gasteiger partial charge in [0.1, 0.15) is 17.9 Å². The average molecular weight is 410 g/mol. The zero-order valence-electron chi connectivity index (χ0n) is 17.5. The molecule has 0 bridgehead atoms. The van der Waals surface area contributed by atoms with Crippen molar-refractivity contribution >= 4 is 29.2 Å². The third kappa shape index (κ3) is 5.53. The standard InChI is InChI=1S/C23H26N2O5/c1-4-27-21(22(26)28-5-2)16-17-10-12-18(13-11-17)29-15-14-25(3)23-24-19-8-6-7-9-20(19)30-23/h6-13,16H,4-5,14-15H2,1-3H3. The van der Waals surface area contributed by atoms with Gasteiger partial charge in [-0.1, -0.05) is 24.3 Å². The predicted octanol–water partition coefficient (Wildman–Crippen LogP) is 4.28. The Morgan fingerprint density at radius 1 is 1.07 bits per heavy atom. The van der Waals surface area contributed by atoms with Crippen molar-refractivity contribution in [1.29, 1.82) is 0 Å². The second-order valence-corrected chi connectivity index (χ2v) is 6.47. The van der Waals surface area contributed by atoms with Crippen molar-refractivity contribution in [3.05, 3.63) is 59.9 Å². The van der Waals surface area contributed by atoms with Crippen molar-refractivity contribution in [2.75, 3.05) is 38.3 Å². The third-order valence-corrected chi connectivity index (χ3v) is 4.26. The highest BCUT2D eigenvalue weighted by Gasteiger charge is 2.12. The largest absolute Gasteiger partial charge is 0.492 e. The van der Waals surface area contributed by atoms with Crippen LogP contribution in [0.15, 0.2) is 58.7 Å². The Morgan fingerprint density at radius 2 is 1.80 bits per heavy atom. The molecule has 0 radical (unpaired) electrons. The Hall–Kier alpha value is -3.48. The number of fused-ring (bicyclic) bond motifs is 1. The van der Waals surface area contributed by atoms with Gasteiger partial charge in [-0.2, -0.15) is 4.98 Å². The lowest BCUT2D eigenvalue weighted by molar-refractivity contribution is -0.142. The molecule has 0 unspecified atom stereocenters. The number of hydrogen-bond donors (Lipinski definition) is 0. The van der Waals surface area contributed by atoms with E-state index in [9.17, 15) is 4.79 Å². The molecule has 2 aromatic carbocycles. The summed E-state index contributed by atoms with van der Waals surface area (Å²) >= 11 is 0. The zero-order chi connectivity index (χ0) is 21.3. The van der Waals surface area contributed by atoms with E-state index in [4.69, 9.17) is 18.6 Å². The Kier molecular flexibility index (Phi) is 7.32. The van der Waals surface area contributed by atoms with Crippen molar-refractivity contribution < 1.29 is 23.4 Å². The van der Waals surface area contributed by atoms with Gasteiger partial charge in [-0.05, 0) is 49.8 Å². The van der Waals surface area contributed by atoms with Crippen LogP contribution in [-0.4, -0.2) is 44.4 Å². The van der Waals surface area contributed by atoms with E-state index in [2.05, 4.69) is 4.98 Å². The number of aromatic nitrogens is 1. The molecular formula is C23H26N2O5. The maximum atomic E-state index is 11.9. The maximum absolute atomic E-state index is 11.9. The molecule has 1 heterocycles. The number of oxazole rings is 1. The molecule has 3 rings (SSSR count). The number of anilines is 1. The van der Waals surface area contributed by atoms with Crippen LogP contribution in [-0.2, 0) is 14.3 Å². The fraction of sp³-hybridized carbons (Fsp3) is 0.304. The van der Waals surface area contributed by atoms with Gasteiger partial charge in [0.2, 0.25) is 5.76 Å². The monoisotopic (exact) mass is 410 g/mol. The minimum absolute atomic E-state index is 0.188. The molecule has 0 spiro atoms. The number of nitrogens with zero attached hydrogens (tertiary/aromatic N) is 2. The van der Waals surface area contributed by atoms with Crippen LogP contribution >= 0.6 is 0 Å². The number of hydrogen-bond acceptors (Lipinski definition) is 7. The molecular weight excluding hydrogens is 384 g/mol. The van der Waals surface area contributed by atoms with E-state index in [0.29, 0.717) is 32.4 Å². The van der Waals surface area contributed by atoms with Crippen molar-refractivity contribution in [2.24, 2.45) is 0 Å². The molecule has 0 fully saturated rings. The molecule has 0 aliphatic carbocycles. The van der Waals surface area contributed by atoms with Crippen molar-refractivity contribution in [2.45, 2.75) is 13.8 Å². The number of ether oxygens (including phenoxy) is 3. The lowest BCUT2D eigenvalue weighted by Crippen LogP contribution is -2.23. The van der Waals surface area contributed by atoms with Crippen LogP contribution in [0.3, 0.4) is 0 Å². The topological polar surface area (TPSA) is 74.0 Å². The van der Waals surface area contributed by atoms with E-state index in [1.807, 2.05) is 67.4 Å². The van der Waals surface area contributed by atoms with E-state index in [1.54, 1.807) is 13.0 Å². The van der Waals surface area contributed by atoms with E-state index in [-0.39, 0.29) is 5.76 Å². The zero-order valence-corrected chi connectivity index (χ0v) is 17.5. The summed E-state index contributed by atoms with van der Waals surface area (Å²) in [5.74, 6) is 0.446. The first kappa shape index (κ1) is 21.2. The number of carbonyl (C=O) groups is 1. The normalized spacial score (nSPS) is 11.4. The van der Waals surface area contributed by atoms with Crippen molar-refractivity contribution in [3.8, 4) is 5.75 Å². The van der Waals surface area contributed by atoms with Crippen molar-refractivity contribution in [3.63, 3.8) is 0 Å². The van der Waals surface area contributed by atoms with E-state index in [1.165, 1.54) is 0 Å². The van der Waals surface area contributed by atoms with E-state index < -0.39 is 5.97 Å². The molecule has 0 N–H and O–H groups in total. The fourth-order valence-electron chi connectivity index (χ4n) is 2.75. The highest BCUT2D eigenvalue weighted by atomic mass is 16.6. The van der Waals surface area contributed by atoms with Crippen LogP contribution < -0.4 is 9.64 Å². The molecule has 7 heteroatoms. The highest BCUT2D eigenvalue weighted by Crippen LogP contribution is 2.21. The Morgan fingerprint density at radius 3 is 2.50 bits per heavy atom. The van der Waals surface area contributed by atoms with Gasteiger partial charge >= 0.3 is 5.97 Å². The SMILES string of the molecule is CCOC(=O)C(=Cc1ccc(OCCN(C)c2nc3ccccc3o2)cc1)OCC. The average Bonchev–Trinajstić information content (AvgIpc) is 3.19. The molecule has 0 aliphatic rings. The first-order chi connectivity index (χ1) is 14.6. The number of para-hydroxylation sites is 2. The summed E-state index contributed by atoms with van der Waals surface area (Å²) in [5, 5.41) is 0. The minimum atomic E-state index is -0.470. The number of esters is 1. The number of carbonyl (C=O) groups excluding carboxylic acids is 1. The summed E-state index contributed by atoms with van der Waals surface area (Å²) < 4.78 is 21.9. The maximum Gasteiger partial charge on any atom is 0.373 e. The molecule has 3 aromatic rings. The first-order valence-electron chi connectivity index (χ1n) is 9.92. The molecule has 0 atom stereocenters. The second-order valence-electron chi connectivity index (χ2n) is 6.47. The lowest BCUT2D eigenvalue weighted by atomic mass is 10.2. The van der Waals surface area contributed by atoms with Gasteiger partial charge in [0, 0.05) is 7.05 Å². The van der Waals surface area contributed by atoms with Gasteiger partial charge in [0.25, 0.3) is 6.01 Å². The molecule has 0 saturated heterocycles. The summed E-state index contributed by atoms with van der Waals surface area (Å²) in [6, 6.07) is 15.6. The summed E-state index contributed by atoms with van der Waals surface area (Å²) in [6.45, 7) is 5.36. The van der Waals surface area contributed by atoms with Gasteiger partial charge in [-0.3, -0.25) is 0 Å². The summed E-state index contributed by atoms with van der Waals surface area (Å²) in [4.78, 5) is 18.3. The van der Waals surface area contributed by atoms with Crippen LogP contribution in [0, 0.1) is 0 Å². The molecule has 0 amide bonds. The summed E-state index contributed by atoms with van der Waals surface area (Å²) in [6.07, 6.45) is 1.66. The van der Waals surface area contributed by atoms with Gasteiger partial charge in [0.05, 0.1) is 19.8 Å². The first-order valence-corrected chi connectivity index (χ1v) is 9.92. The van der Waals surface area contributed by atoms with E-state index in [0.717, 1.165) is 22.4 Å². The number of rotatable bonds is 10. The predicted molar refractivity (Wildman–Crippen MR) is 115 cm³/mol. The van der Waals surface area contributed by atoms with Crippen LogP contribution in [0.5, 0.6) is 5.75 Å². The molecule has 7 nitrogen and oxygen atoms in total. The molecule has 1 aromatic heterocycles. The lowest BCUT2D eigenvalue weighted by Gasteiger charge is -2.15. The summed E-state index contributed by atoms with van der Waals surface area (Å²) in [5.41, 5.74) is 2.42.